The number of likely N-dealkylation sites (N-methyl/N-ethyl adjacent to an activating group) is 1. The lowest BCUT2D eigenvalue weighted by molar-refractivity contribution is 0.502. The van der Waals surface area contributed by atoms with Crippen LogP contribution in [0.15, 0.2) is 35.7 Å². The van der Waals surface area contributed by atoms with Crippen LogP contribution in [0, 0.1) is 11.6 Å². The zero-order valence-electron chi connectivity index (χ0n) is 10.8. The Labute approximate surface area is 116 Å². The van der Waals surface area contributed by atoms with Gasteiger partial charge in [-0.1, -0.05) is 12.1 Å². The van der Waals surface area contributed by atoms with E-state index < -0.39 is 11.6 Å². The molecular weight excluding hydrogens is 264 g/mol. The molecule has 0 saturated heterocycles. The van der Waals surface area contributed by atoms with Gasteiger partial charge in [-0.15, -0.1) is 11.3 Å². The van der Waals surface area contributed by atoms with E-state index in [-0.39, 0.29) is 6.04 Å². The number of halogens is 2. The molecule has 1 N–H and O–H groups in total. The molecule has 19 heavy (non-hydrogen) atoms. The topological polar surface area (TPSA) is 12.0 Å². The SMILES string of the molecule is CNC(CCc1cccs1)Cc1ccc(F)cc1F. The minimum atomic E-state index is -0.527. The van der Waals surface area contributed by atoms with Crippen molar-refractivity contribution in [2.45, 2.75) is 25.3 Å². The average Bonchev–Trinajstić information content (AvgIpc) is 2.90. The molecule has 4 heteroatoms. The molecule has 2 rings (SSSR count). The quantitative estimate of drug-likeness (QED) is 0.849. The van der Waals surface area contributed by atoms with Gasteiger partial charge in [-0.05, 0) is 49.4 Å². The Morgan fingerprint density at radius 3 is 2.74 bits per heavy atom. The van der Waals surface area contributed by atoms with Gasteiger partial charge in [-0.3, -0.25) is 0 Å². The molecule has 0 saturated carbocycles. The van der Waals surface area contributed by atoms with Crippen LogP contribution in [0.1, 0.15) is 16.9 Å². The van der Waals surface area contributed by atoms with Crippen molar-refractivity contribution in [2.24, 2.45) is 0 Å². The van der Waals surface area contributed by atoms with E-state index in [0.29, 0.717) is 12.0 Å². The number of hydrogen-bond donors (Lipinski definition) is 1. The Kier molecular flexibility index (Phi) is 5.05. The maximum atomic E-state index is 13.6. The van der Waals surface area contributed by atoms with Gasteiger partial charge in [0.15, 0.2) is 0 Å². The zero-order valence-corrected chi connectivity index (χ0v) is 11.6. The third-order valence-electron chi connectivity index (χ3n) is 3.21. The maximum Gasteiger partial charge on any atom is 0.129 e. The highest BCUT2D eigenvalue weighted by Gasteiger charge is 2.11. The molecule has 1 aromatic carbocycles. The highest BCUT2D eigenvalue weighted by Crippen LogP contribution is 2.16. The van der Waals surface area contributed by atoms with Crippen LogP contribution in [0.3, 0.4) is 0 Å². The van der Waals surface area contributed by atoms with E-state index in [4.69, 9.17) is 0 Å². The van der Waals surface area contributed by atoms with E-state index in [2.05, 4.69) is 16.8 Å². The van der Waals surface area contributed by atoms with E-state index in [1.807, 2.05) is 13.1 Å². The number of benzene rings is 1. The van der Waals surface area contributed by atoms with E-state index in [1.54, 1.807) is 11.3 Å². The fourth-order valence-electron chi connectivity index (χ4n) is 2.07. The summed E-state index contributed by atoms with van der Waals surface area (Å²) in [6, 6.07) is 8.12. The molecule has 1 nitrogen and oxygen atoms in total. The molecular formula is C15H17F2NS. The van der Waals surface area contributed by atoms with Crippen molar-refractivity contribution in [1.29, 1.82) is 0 Å². The minimum Gasteiger partial charge on any atom is -0.317 e. The molecule has 0 radical (unpaired) electrons. The third kappa shape index (κ3) is 4.11. The zero-order chi connectivity index (χ0) is 13.7. The lowest BCUT2D eigenvalue weighted by atomic mass is 10.0. The molecule has 0 fully saturated rings. The molecule has 0 amide bonds. The van der Waals surface area contributed by atoms with Crippen LogP contribution < -0.4 is 5.32 Å². The first-order valence-corrected chi connectivity index (χ1v) is 7.20. The van der Waals surface area contributed by atoms with Gasteiger partial charge in [0, 0.05) is 17.0 Å². The average molecular weight is 281 g/mol. The molecule has 1 unspecified atom stereocenters. The van der Waals surface area contributed by atoms with Gasteiger partial charge in [-0.25, -0.2) is 8.78 Å². The van der Waals surface area contributed by atoms with Crippen molar-refractivity contribution >= 4 is 11.3 Å². The van der Waals surface area contributed by atoms with Gasteiger partial charge in [0.2, 0.25) is 0 Å². The van der Waals surface area contributed by atoms with Gasteiger partial charge >= 0.3 is 0 Å². The Bertz CT molecular complexity index is 511. The van der Waals surface area contributed by atoms with Crippen molar-refractivity contribution < 1.29 is 8.78 Å². The smallest absolute Gasteiger partial charge is 0.129 e. The largest absolute Gasteiger partial charge is 0.317 e. The van der Waals surface area contributed by atoms with Gasteiger partial charge in [0.25, 0.3) is 0 Å². The van der Waals surface area contributed by atoms with Gasteiger partial charge in [0.1, 0.15) is 11.6 Å². The first kappa shape index (κ1) is 14.2. The fraction of sp³-hybridized carbons (Fsp3) is 0.333. The molecule has 2 aromatic rings. The summed E-state index contributed by atoms with van der Waals surface area (Å²) in [5, 5.41) is 5.26. The van der Waals surface area contributed by atoms with Crippen LogP contribution in [0.5, 0.6) is 0 Å². The molecule has 102 valence electrons. The number of hydrogen-bond acceptors (Lipinski definition) is 2. The van der Waals surface area contributed by atoms with E-state index in [9.17, 15) is 8.78 Å². The fourth-order valence-corrected chi connectivity index (χ4v) is 2.80. The Morgan fingerprint density at radius 2 is 2.11 bits per heavy atom. The van der Waals surface area contributed by atoms with Crippen molar-refractivity contribution in [3.8, 4) is 0 Å². The highest BCUT2D eigenvalue weighted by atomic mass is 32.1. The molecule has 0 aliphatic rings. The second-order valence-corrected chi connectivity index (χ2v) is 5.58. The summed E-state index contributed by atoms with van der Waals surface area (Å²) in [6.07, 6.45) is 2.49. The molecule has 1 atom stereocenters. The highest BCUT2D eigenvalue weighted by molar-refractivity contribution is 7.09. The minimum absolute atomic E-state index is 0.196. The first-order chi connectivity index (χ1) is 9.19. The van der Waals surface area contributed by atoms with Crippen LogP contribution in [0.2, 0.25) is 0 Å². The van der Waals surface area contributed by atoms with Gasteiger partial charge in [0.05, 0.1) is 0 Å². The maximum absolute atomic E-state index is 13.6. The normalized spacial score (nSPS) is 12.6. The van der Waals surface area contributed by atoms with Gasteiger partial charge < -0.3 is 5.32 Å². The summed E-state index contributed by atoms with van der Waals surface area (Å²) >= 11 is 1.74. The number of rotatable bonds is 6. The Morgan fingerprint density at radius 1 is 1.26 bits per heavy atom. The van der Waals surface area contributed by atoms with Crippen LogP contribution in [-0.2, 0) is 12.8 Å². The molecule has 0 spiro atoms. The monoisotopic (exact) mass is 281 g/mol. The summed E-state index contributed by atoms with van der Waals surface area (Å²) in [7, 11) is 1.88. The number of aryl methyl sites for hydroxylation is 1. The van der Waals surface area contributed by atoms with Crippen molar-refractivity contribution in [2.75, 3.05) is 7.05 Å². The summed E-state index contributed by atoms with van der Waals surface area (Å²) in [4.78, 5) is 1.33. The van der Waals surface area contributed by atoms with Gasteiger partial charge in [-0.2, -0.15) is 0 Å². The number of thiophene rings is 1. The predicted molar refractivity (Wildman–Crippen MR) is 75.5 cm³/mol. The second-order valence-electron chi connectivity index (χ2n) is 4.54. The van der Waals surface area contributed by atoms with Crippen LogP contribution in [0.4, 0.5) is 8.78 Å². The molecule has 1 heterocycles. The molecule has 0 aliphatic heterocycles. The van der Waals surface area contributed by atoms with E-state index >= 15 is 0 Å². The van der Waals surface area contributed by atoms with E-state index in [1.165, 1.54) is 17.0 Å². The van der Waals surface area contributed by atoms with Crippen LogP contribution >= 0.6 is 11.3 Å². The standard InChI is InChI=1S/C15H17F2NS/c1-18-13(6-7-14-3-2-8-19-14)9-11-4-5-12(16)10-15(11)17/h2-5,8,10,13,18H,6-7,9H2,1H3. The summed E-state index contributed by atoms with van der Waals surface area (Å²) in [5.74, 6) is -0.989. The molecule has 0 aliphatic carbocycles. The predicted octanol–water partition coefficient (Wildman–Crippen LogP) is 3.79. The summed E-state index contributed by atoms with van der Waals surface area (Å²) in [6.45, 7) is 0. The van der Waals surface area contributed by atoms with Crippen molar-refractivity contribution in [3.05, 3.63) is 57.8 Å². The van der Waals surface area contributed by atoms with Crippen molar-refractivity contribution in [3.63, 3.8) is 0 Å². The second kappa shape index (κ2) is 6.78. The Hall–Kier alpha value is -1.26. The lowest BCUT2D eigenvalue weighted by Crippen LogP contribution is -2.28. The van der Waals surface area contributed by atoms with Crippen molar-refractivity contribution in [1.82, 2.24) is 5.32 Å². The first-order valence-electron chi connectivity index (χ1n) is 6.32. The number of nitrogens with one attached hydrogen (secondary N) is 1. The third-order valence-corrected chi connectivity index (χ3v) is 4.15. The Balaban J connectivity index is 1.94. The summed E-state index contributed by atoms with van der Waals surface area (Å²) in [5.41, 5.74) is 0.562. The molecule has 1 aromatic heterocycles. The summed E-state index contributed by atoms with van der Waals surface area (Å²) < 4.78 is 26.4. The van der Waals surface area contributed by atoms with Crippen LogP contribution in [0.25, 0.3) is 0 Å². The molecule has 0 bridgehead atoms. The van der Waals surface area contributed by atoms with Crippen LogP contribution in [-0.4, -0.2) is 13.1 Å². The van der Waals surface area contributed by atoms with E-state index in [0.717, 1.165) is 18.9 Å². The lowest BCUT2D eigenvalue weighted by Gasteiger charge is -2.16.